The molecule has 0 aliphatic rings. The Hall–Kier alpha value is -2.05. The fourth-order valence-corrected chi connectivity index (χ4v) is 4.24. The fraction of sp³-hybridized carbons (Fsp3) is 0.350. The minimum absolute atomic E-state index is 0.325. The molecule has 7 heteroatoms. The zero-order chi connectivity index (χ0) is 20.4. The van der Waals surface area contributed by atoms with Crippen LogP contribution in [0.25, 0.3) is 0 Å². The summed E-state index contributed by atoms with van der Waals surface area (Å²) >= 11 is 6.02. The molecule has 0 saturated carbocycles. The molecule has 0 heterocycles. The van der Waals surface area contributed by atoms with E-state index in [9.17, 15) is 13.2 Å². The van der Waals surface area contributed by atoms with E-state index in [0.717, 1.165) is 22.9 Å². The van der Waals surface area contributed by atoms with Gasteiger partial charge in [-0.05, 0) is 68.1 Å². The van der Waals surface area contributed by atoms with Crippen LogP contribution >= 0.6 is 11.6 Å². The van der Waals surface area contributed by atoms with Gasteiger partial charge in [0.15, 0.2) is 0 Å². The van der Waals surface area contributed by atoms with Crippen LogP contribution < -0.4 is 9.62 Å². The first-order valence-electron chi connectivity index (χ1n) is 8.68. The first kappa shape index (κ1) is 21.3. The molecule has 1 amide bonds. The van der Waals surface area contributed by atoms with Gasteiger partial charge in [0.25, 0.3) is 0 Å². The average Bonchev–Trinajstić information content (AvgIpc) is 2.57. The van der Waals surface area contributed by atoms with Gasteiger partial charge in [-0.3, -0.25) is 9.10 Å². The third kappa shape index (κ3) is 5.02. The molecule has 2 aromatic carbocycles. The lowest BCUT2D eigenvalue weighted by Crippen LogP contribution is -2.47. The molecule has 2 aromatic rings. The number of nitrogens with one attached hydrogen (secondary N) is 1. The van der Waals surface area contributed by atoms with Crippen LogP contribution in [0.4, 0.5) is 11.4 Å². The van der Waals surface area contributed by atoms with Crippen LogP contribution in [-0.2, 0) is 14.8 Å². The standard InChI is InChI=1S/C20H25ClN2O3S/c1-6-19(20(24)22-18-12-16(21)9-7-14(18)3)23(27(5,25)26)17-10-8-13(2)15(4)11-17/h7-12,19H,6H2,1-5H3,(H,22,24)/t19-/m0/s1. The highest BCUT2D eigenvalue weighted by atomic mass is 35.5. The number of carbonyl (C=O) groups is 1. The van der Waals surface area contributed by atoms with Crippen molar-refractivity contribution in [3.05, 3.63) is 58.1 Å². The summed E-state index contributed by atoms with van der Waals surface area (Å²) in [7, 11) is -3.67. The van der Waals surface area contributed by atoms with Gasteiger partial charge in [-0.25, -0.2) is 8.42 Å². The van der Waals surface area contributed by atoms with Gasteiger partial charge in [-0.1, -0.05) is 30.7 Å². The Morgan fingerprint density at radius 1 is 1.07 bits per heavy atom. The van der Waals surface area contributed by atoms with Gasteiger partial charge in [0.2, 0.25) is 15.9 Å². The van der Waals surface area contributed by atoms with Crippen molar-refractivity contribution in [3.8, 4) is 0 Å². The van der Waals surface area contributed by atoms with Crippen molar-refractivity contribution in [1.29, 1.82) is 0 Å². The van der Waals surface area contributed by atoms with E-state index < -0.39 is 22.0 Å². The van der Waals surface area contributed by atoms with Crippen LogP contribution in [0.15, 0.2) is 36.4 Å². The molecular formula is C20H25ClN2O3S. The van der Waals surface area contributed by atoms with E-state index in [2.05, 4.69) is 5.32 Å². The van der Waals surface area contributed by atoms with Crippen molar-refractivity contribution >= 4 is 38.9 Å². The SMILES string of the molecule is CC[C@@H](C(=O)Nc1cc(Cl)ccc1C)N(c1ccc(C)c(C)c1)S(C)(=O)=O. The monoisotopic (exact) mass is 408 g/mol. The molecule has 0 aliphatic carbocycles. The van der Waals surface area contributed by atoms with Gasteiger partial charge in [-0.15, -0.1) is 0 Å². The van der Waals surface area contributed by atoms with E-state index in [1.165, 1.54) is 4.31 Å². The van der Waals surface area contributed by atoms with E-state index in [4.69, 9.17) is 11.6 Å². The molecule has 0 unspecified atom stereocenters. The highest BCUT2D eigenvalue weighted by molar-refractivity contribution is 7.92. The summed E-state index contributed by atoms with van der Waals surface area (Å²) in [6, 6.07) is 9.69. The molecular weight excluding hydrogens is 384 g/mol. The van der Waals surface area contributed by atoms with Gasteiger partial charge < -0.3 is 5.32 Å². The van der Waals surface area contributed by atoms with Crippen molar-refractivity contribution in [2.75, 3.05) is 15.9 Å². The number of carbonyl (C=O) groups excluding carboxylic acids is 1. The minimum Gasteiger partial charge on any atom is -0.324 e. The van der Waals surface area contributed by atoms with E-state index in [1.54, 1.807) is 37.3 Å². The molecule has 5 nitrogen and oxygen atoms in total. The van der Waals surface area contributed by atoms with E-state index in [1.807, 2.05) is 26.8 Å². The number of hydrogen-bond acceptors (Lipinski definition) is 3. The Bertz CT molecular complexity index is 958. The lowest BCUT2D eigenvalue weighted by molar-refractivity contribution is -0.117. The van der Waals surface area contributed by atoms with Crippen molar-refractivity contribution in [2.45, 2.75) is 40.2 Å². The summed E-state index contributed by atoms with van der Waals surface area (Å²) in [5, 5.41) is 3.32. The molecule has 1 atom stereocenters. The normalized spacial score (nSPS) is 12.5. The molecule has 0 fully saturated rings. The van der Waals surface area contributed by atoms with E-state index in [-0.39, 0.29) is 0 Å². The average molecular weight is 409 g/mol. The topological polar surface area (TPSA) is 66.5 Å². The summed E-state index contributed by atoms with van der Waals surface area (Å²) in [5.41, 5.74) is 3.91. The van der Waals surface area contributed by atoms with Crippen molar-refractivity contribution in [3.63, 3.8) is 0 Å². The predicted molar refractivity (Wildman–Crippen MR) is 112 cm³/mol. The van der Waals surface area contributed by atoms with Crippen molar-refractivity contribution in [1.82, 2.24) is 0 Å². The highest BCUT2D eigenvalue weighted by Crippen LogP contribution is 2.26. The quantitative estimate of drug-likeness (QED) is 0.767. The third-order valence-electron chi connectivity index (χ3n) is 4.53. The molecule has 2 rings (SSSR count). The van der Waals surface area contributed by atoms with Gasteiger partial charge in [0.05, 0.1) is 11.9 Å². The lowest BCUT2D eigenvalue weighted by Gasteiger charge is -2.30. The maximum Gasteiger partial charge on any atom is 0.248 e. The molecule has 0 spiro atoms. The van der Waals surface area contributed by atoms with E-state index in [0.29, 0.717) is 22.8 Å². The van der Waals surface area contributed by atoms with Crippen molar-refractivity contribution in [2.24, 2.45) is 0 Å². The summed E-state index contributed by atoms with van der Waals surface area (Å²) in [5.74, 6) is -0.397. The number of nitrogens with zero attached hydrogens (tertiary/aromatic N) is 1. The Kier molecular flexibility index (Phi) is 6.54. The van der Waals surface area contributed by atoms with Gasteiger partial charge in [0, 0.05) is 10.7 Å². The largest absolute Gasteiger partial charge is 0.324 e. The molecule has 0 aromatic heterocycles. The molecule has 27 heavy (non-hydrogen) atoms. The summed E-state index contributed by atoms with van der Waals surface area (Å²) in [4.78, 5) is 13.0. The molecule has 0 aliphatic heterocycles. The predicted octanol–water partition coefficient (Wildman–Crippen LogP) is 4.45. The smallest absolute Gasteiger partial charge is 0.248 e. The zero-order valence-electron chi connectivity index (χ0n) is 16.2. The number of benzene rings is 2. The Morgan fingerprint density at radius 2 is 1.70 bits per heavy atom. The Labute approximate surface area is 166 Å². The molecule has 0 saturated heterocycles. The second-order valence-electron chi connectivity index (χ2n) is 6.70. The molecule has 1 N–H and O–H groups in total. The van der Waals surface area contributed by atoms with Gasteiger partial charge in [-0.2, -0.15) is 0 Å². The van der Waals surface area contributed by atoms with Crippen LogP contribution in [-0.4, -0.2) is 26.6 Å². The molecule has 0 radical (unpaired) electrons. The number of anilines is 2. The summed E-state index contributed by atoms with van der Waals surface area (Å²) in [6.07, 6.45) is 1.44. The van der Waals surface area contributed by atoms with Gasteiger partial charge in [0.1, 0.15) is 6.04 Å². The summed E-state index contributed by atoms with van der Waals surface area (Å²) in [6.45, 7) is 7.50. The van der Waals surface area contributed by atoms with Crippen LogP contribution in [0.5, 0.6) is 0 Å². The number of aryl methyl sites for hydroxylation is 3. The zero-order valence-corrected chi connectivity index (χ0v) is 17.8. The first-order chi connectivity index (χ1) is 12.5. The third-order valence-corrected chi connectivity index (χ3v) is 5.95. The van der Waals surface area contributed by atoms with Gasteiger partial charge >= 0.3 is 0 Å². The number of hydrogen-bond donors (Lipinski definition) is 1. The number of rotatable bonds is 6. The lowest BCUT2D eigenvalue weighted by atomic mass is 10.1. The van der Waals surface area contributed by atoms with Crippen LogP contribution in [0.1, 0.15) is 30.0 Å². The fourth-order valence-electron chi connectivity index (χ4n) is 2.87. The minimum atomic E-state index is -3.67. The number of amides is 1. The summed E-state index contributed by atoms with van der Waals surface area (Å²) < 4.78 is 26.3. The molecule has 0 bridgehead atoms. The second-order valence-corrected chi connectivity index (χ2v) is 9.00. The molecule has 146 valence electrons. The van der Waals surface area contributed by atoms with Crippen LogP contribution in [0, 0.1) is 20.8 Å². The number of sulfonamides is 1. The van der Waals surface area contributed by atoms with Crippen molar-refractivity contribution < 1.29 is 13.2 Å². The first-order valence-corrected chi connectivity index (χ1v) is 10.9. The maximum absolute atomic E-state index is 13.0. The van der Waals surface area contributed by atoms with Crippen LogP contribution in [0.3, 0.4) is 0 Å². The van der Waals surface area contributed by atoms with E-state index >= 15 is 0 Å². The number of halogens is 1. The Morgan fingerprint density at radius 3 is 2.26 bits per heavy atom. The maximum atomic E-state index is 13.0. The van der Waals surface area contributed by atoms with Crippen LogP contribution in [0.2, 0.25) is 5.02 Å². The second kappa shape index (κ2) is 8.31. The highest BCUT2D eigenvalue weighted by Gasteiger charge is 2.31. The Balaban J connectivity index is 2.44.